The fourth-order valence-corrected chi connectivity index (χ4v) is 4.15. The van der Waals surface area contributed by atoms with Gasteiger partial charge in [0.2, 0.25) is 0 Å². The number of rotatable bonds is 11. The van der Waals surface area contributed by atoms with Crippen molar-refractivity contribution in [3.63, 3.8) is 0 Å². The zero-order valence-electron chi connectivity index (χ0n) is 24.6. The molecule has 222 valence electrons. The van der Waals surface area contributed by atoms with E-state index in [-0.39, 0.29) is 30.8 Å². The highest BCUT2D eigenvalue weighted by Crippen LogP contribution is 2.30. The van der Waals surface area contributed by atoms with Crippen molar-refractivity contribution < 1.29 is 38.6 Å². The summed E-state index contributed by atoms with van der Waals surface area (Å²) >= 11 is 6.80. The van der Waals surface area contributed by atoms with Crippen LogP contribution in [0.4, 0.5) is 0 Å². The molecule has 0 amide bonds. The van der Waals surface area contributed by atoms with Crippen LogP contribution >= 0.6 is 31.9 Å². The number of unbranched alkanes of at least 4 members (excludes halogenated alkanes) is 2. The van der Waals surface area contributed by atoms with Gasteiger partial charge in [0.1, 0.15) is 0 Å². The van der Waals surface area contributed by atoms with Gasteiger partial charge in [-0.1, -0.05) is 44.0 Å². The molecule has 38 heavy (non-hydrogen) atoms. The molecular formula is C27H49BBr2O8. The third-order valence-electron chi connectivity index (χ3n) is 4.97. The monoisotopic (exact) mass is 670 g/mol. The van der Waals surface area contributed by atoms with Crippen molar-refractivity contribution in [1.29, 1.82) is 0 Å². The molecule has 2 atom stereocenters. The zero-order valence-corrected chi connectivity index (χ0v) is 27.8. The van der Waals surface area contributed by atoms with Crippen molar-refractivity contribution in [2.24, 2.45) is 0 Å². The molecule has 1 aliphatic rings. The van der Waals surface area contributed by atoms with Gasteiger partial charge in [-0.05, 0) is 85.1 Å². The Kier molecular flexibility index (Phi) is 21.9. The van der Waals surface area contributed by atoms with Crippen molar-refractivity contribution >= 4 is 50.9 Å². The first kappa shape index (κ1) is 39.4. The Morgan fingerprint density at radius 3 is 1.92 bits per heavy atom. The van der Waals surface area contributed by atoms with Gasteiger partial charge in [-0.3, -0.25) is 9.59 Å². The molecule has 0 radical (unpaired) electrons. The Bertz CT molecular complexity index is 729. The van der Waals surface area contributed by atoms with E-state index in [2.05, 4.69) is 62.1 Å². The summed E-state index contributed by atoms with van der Waals surface area (Å²) in [7, 11) is 2.46. The number of hydrogen-bond donors (Lipinski definition) is 2. The second kappa shape index (κ2) is 21.1. The number of aliphatic hydroxyl groups is 2. The first-order chi connectivity index (χ1) is 17.4. The van der Waals surface area contributed by atoms with E-state index >= 15 is 0 Å². The molecule has 8 nitrogen and oxygen atoms in total. The zero-order chi connectivity index (χ0) is 29.9. The Labute approximate surface area is 247 Å². The summed E-state index contributed by atoms with van der Waals surface area (Å²) in [5.41, 5.74) is -0.907. The molecule has 1 heterocycles. The van der Waals surface area contributed by atoms with Gasteiger partial charge in [-0.2, -0.15) is 0 Å². The van der Waals surface area contributed by atoms with E-state index in [0.717, 1.165) is 41.0 Å². The van der Waals surface area contributed by atoms with Gasteiger partial charge < -0.3 is 29.0 Å². The minimum Gasteiger partial charge on any atom is -0.469 e. The third kappa shape index (κ3) is 25.6. The molecule has 1 aliphatic heterocycles. The number of carbonyl (C=O) groups excluding carboxylic acids is 2. The van der Waals surface area contributed by atoms with Gasteiger partial charge >= 0.3 is 19.1 Å². The maximum atomic E-state index is 11.0. The molecule has 1 fully saturated rings. The van der Waals surface area contributed by atoms with E-state index in [4.69, 9.17) is 19.5 Å². The van der Waals surface area contributed by atoms with Crippen LogP contribution in [-0.2, 0) is 28.4 Å². The van der Waals surface area contributed by atoms with Crippen LogP contribution in [-0.4, -0.2) is 66.9 Å². The van der Waals surface area contributed by atoms with Crippen LogP contribution in [0, 0.1) is 0 Å². The lowest BCUT2D eigenvalue weighted by molar-refractivity contribution is -0.141. The summed E-state index contributed by atoms with van der Waals surface area (Å²) in [5.74, 6) is -0.310. The van der Waals surface area contributed by atoms with Crippen LogP contribution in [0.25, 0.3) is 0 Å². The smallest absolute Gasteiger partial charge is 0.469 e. The van der Waals surface area contributed by atoms with Gasteiger partial charge in [-0.25, -0.2) is 0 Å². The SMILES string of the molecule is CC(O)CC(C)(C)O.COC(=O)CCC/C=C(/C)Br.COC(=O)CCC/C=C(\Br)B1OC(C)CC(C)(C)O1. The first-order valence-corrected chi connectivity index (χ1v) is 14.6. The van der Waals surface area contributed by atoms with Crippen LogP contribution in [0.3, 0.4) is 0 Å². The number of esters is 2. The van der Waals surface area contributed by atoms with E-state index in [1.54, 1.807) is 20.8 Å². The minimum atomic E-state index is -0.728. The Hall–Kier alpha value is -0.715. The van der Waals surface area contributed by atoms with E-state index in [9.17, 15) is 9.59 Å². The minimum absolute atomic E-state index is 0.134. The van der Waals surface area contributed by atoms with Crippen molar-refractivity contribution in [3.05, 3.63) is 21.0 Å². The molecule has 0 aliphatic carbocycles. The molecule has 0 aromatic carbocycles. The lowest BCUT2D eigenvalue weighted by atomic mass is 9.82. The van der Waals surface area contributed by atoms with Crippen LogP contribution in [0.2, 0.25) is 0 Å². The number of methoxy groups -OCH3 is 2. The molecular weight excluding hydrogens is 623 g/mol. The van der Waals surface area contributed by atoms with Crippen molar-refractivity contribution in [3.8, 4) is 0 Å². The molecule has 0 aromatic heterocycles. The van der Waals surface area contributed by atoms with Crippen molar-refractivity contribution in [2.45, 2.75) is 123 Å². The Balaban J connectivity index is 0. The number of carbonyl (C=O) groups is 2. The average molecular weight is 672 g/mol. The number of aliphatic hydroxyl groups excluding tert-OH is 1. The molecule has 0 saturated carbocycles. The van der Waals surface area contributed by atoms with E-state index in [1.807, 2.05) is 19.1 Å². The Morgan fingerprint density at radius 1 is 1.11 bits per heavy atom. The molecule has 0 spiro atoms. The van der Waals surface area contributed by atoms with Crippen LogP contribution in [0.1, 0.15) is 99.8 Å². The number of hydrogen-bond acceptors (Lipinski definition) is 8. The van der Waals surface area contributed by atoms with E-state index in [1.165, 1.54) is 14.2 Å². The normalized spacial score (nSPS) is 18.3. The number of halogens is 2. The quantitative estimate of drug-likeness (QED) is 0.148. The molecule has 1 rings (SSSR count). The molecule has 0 bridgehead atoms. The summed E-state index contributed by atoms with van der Waals surface area (Å²) in [6.07, 6.45) is 9.39. The standard InChI is InChI=1S/C13H22BBrO4.C8H13BrO2.C6H14O2/c1-10-9-13(2,3)19-14(18-10)11(15)7-5-6-8-12(16)17-4;1-7(9)5-3-4-6-8(10)11-2;1-5(7)4-6(2,3)8/h7,10H,5-6,8-9H2,1-4H3;5H,3-4,6H2,1-2H3;5,7-8H,4H2,1-3H3/b11-7-;7-5-;. The Morgan fingerprint density at radius 2 is 1.58 bits per heavy atom. The van der Waals surface area contributed by atoms with Gasteiger partial charge in [0.15, 0.2) is 0 Å². The largest absolute Gasteiger partial charge is 0.501 e. The fourth-order valence-electron chi connectivity index (χ4n) is 3.50. The third-order valence-corrected chi connectivity index (χ3v) is 5.99. The topological polar surface area (TPSA) is 112 Å². The van der Waals surface area contributed by atoms with E-state index < -0.39 is 11.7 Å². The molecule has 1 saturated heterocycles. The maximum Gasteiger partial charge on any atom is 0.501 e. The van der Waals surface area contributed by atoms with Crippen LogP contribution in [0.15, 0.2) is 21.0 Å². The lowest BCUT2D eigenvalue weighted by Gasteiger charge is -2.38. The average Bonchev–Trinajstić information content (AvgIpc) is 2.76. The fraction of sp³-hybridized carbons (Fsp3) is 0.778. The molecule has 2 N–H and O–H groups in total. The molecule has 2 unspecified atom stereocenters. The maximum absolute atomic E-state index is 11.0. The number of ether oxygens (including phenoxy) is 2. The van der Waals surface area contributed by atoms with E-state index in [0.29, 0.717) is 19.3 Å². The second-order valence-electron chi connectivity index (χ2n) is 10.5. The van der Waals surface area contributed by atoms with Crippen LogP contribution in [0.5, 0.6) is 0 Å². The predicted molar refractivity (Wildman–Crippen MR) is 160 cm³/mol. The van der Waals surface area contributed by atoms with Gasteiger partial charge in [-0.15, -0.1) is 0 Å². The summed E-state index contributed by atoms with van der Waals surface area (Å²) in [4.78, 5) is 21.6. The van der Waals surface area contributed by atoms with Gasteiger partial charge in [0, 0.05) is 29.7 Å². The summed E-state index contributed by atoms with van der Waals surface area (Å²) in [6.45, 7) is 13.2. The van der Waals surface area contributed by atoms with Gasteiger partial charge in [0.25, 0.3) is 0 Å². The lowest BCUT2D eigenvalue weighted by Crippen LogP contribution is -2.46. The second-order valence-corrected chi connectivity index (χ2v) is 12.7. The van der Waals surface area contributed by atoms with Gasteiger partial charge in [0.05, 0.1) is 31.5 Å². The first-order valence-electron chi connectivity index (χ1n) is 13.0. The summed E-state index contributed by atoms with van der Waals surface area (Å²) < 4.78 is 22.7. The highest BCUT2D eigenvalue weighted by molar-refractivity contribution is 9.12. The number of allylic oxidation sites excluding steroid dienone is 3. The van der Waals surface area contributed by atoms with Crippen molar-refractivity contribution in [1.82, 2.24) is 0 Å². The highest BCUT2D eigenvalue weighted by atomic mass is 79.9. The highest BCUT2D eigenvalue weighted by Gasteiger charge is 2.38. The summed E-state index contributed by atoms with van der Waals surface area (Å²) in [6, 6.07) is 0. The van der Waals surface area contributed by atoms with Crippen molar-refractivity contribution in [2.75, 3.05) is 14.2 Å². The molecule has 0 aromatic rings. The summed E-state index contributed by atoms with van der Waals surface area (Å²) in [5, 5.41) is 17.8. The van der Waals surface area contributed by atoms with Crippen LogP contribution < -0.4 is 0 Å². The molecule has 11 heteroatoms. The predicted octanol–water partition coefficient (Wildman–Crippen LogP) is 6.40.